The number of hydrogen-bond acceptors (Lipinski definition) is 10. The Morgan fingerprint density at radius 1 is 0.912 bits per heavy atom. The summed E-state index contributed by atoms with van der Waals surface area (Å²) in [6.45, 7) is 12.1. The lowest BCUT2D eigenvalue weighted by molar-refractivity contribution is -0.199. The van der Waals surface area contributed by atoms with Crippen molar-refractivity contribution in [2.24, 2.45) is 16.7 Å². The predicted molar refractivity (Wildman–Crippen MR) is 207 cm³/mol. The van der Waals surface area contributed by atoms with E-state index in [-0.39, 0.29) is 58.8 Å². The van der Waals surface area contributed by atoms with Crippen molar-refractivity contribution in [2.75, 3.05) is 31.1 Å². The standard InChI is InChI=1S/C43H40ClN7O6/c1-42(2)40(43(3,4)41(42)57-29-9-7-25(16-45)32(44)15-29)50-20-26-13-23(17-46-35(26)39(50)56)5-6-24-18-48(19-24)28-21-49(22-28)27-8-10-30-31(14-27)38(55)51(37(30)54)33-11-12-34(52)47-36(33)53/h7-10,13-15,17,24,28,33,40-41H,11-12,18-22H2,1-4H3,(H,47,52,53). The normalized spacial score (nSPS) is 25.1. The molecule has 5 amide bonds. The first kappa shape index (κ1) is 36.9. The number of aromatic nitrogens is 1. The number of anilines is 1. The molecule has 0 radical (unpaired) electrons. The van der Waals surface area contributed by atoms with Gasteiger partial charge in [0.1, 0.15) is 29.7 Å². The van der Waals surface area contributed by atoms with E-state index in [1.165, 1.54) is 0 Å². The highest BCUT2D eigenvalue weighted by atomic mass is 35.5. The summed E-state index contributed by atoms with van der Waals surface area (Å²) in [7, 11) is 0. The Morgan fingerprint density at radius 2 is 1.65 bits per heavy atom. The Kier molecular flexibility index (Phi) is 8.50. The molecule has 290 valence electrons. The van der Waals surface area contributed by atoms with Gasteiger partial charge < -0.3 is 14.5 Å². The predicted octanol–water partition coefficient (Wildman–Crippen LogP) is 4.02. The lowest BCUT2D eigenvalue weighted by Crippen LogP contribution is -2.74. The number of ether oxygens (including phenoxy) is 1. The van der Waals surface area contributed by atoms with Gasteiger partial charge in [-0.25, -0.2) is 4.98 Å². The summed E-state index contributed by atoms with van der Waals surface area (Å²) in [4.78, 5) is 76.1. The van der Waals surface area contributed by atoms with Crippen LogP contribution in [-0.2, 0) is 16.1 Å². The zero-order valence-electron chi connectivity index (χ0n) is 32.0. The van der Waals surface area contributed by atoms with Crippen molar-refractivity contribution in [3.8, 4) is 23.7 Å². The van der Waals surface area contributed by atoms with Crippen molar-refractivity contribution in [3.63, 3.8) is 0 Å². The molecule has 1 aliphatic carbocycles. The third-order valence-electron chi connectivity index (χ3n) is 12.7. The van der Waals surface area contributed by atoms with E-state index in [0.717, 1.165) is 47.9 Å². The van der Waals surface area contributed by atoms with Gasteiger partial charge in [0.25, 0.3) is 17.7 Å². The molecule has 13 nitrogen and oxygen atoms in total. The minimum Gasteiger partial charge on any atom is -0.489 e. The average Bonchev–Trinajstić information content (AvgIpc) is 3.57. The summed E-state index contributed by atoms with van der Waals surface area (Å²) >= 11 is 6.27. The van der Waals surface area contributed by atoms with E-state index in [1.54, 1.807) is 36.5 Å². The van der Waals surface area contributed by atoms with Crippen molar-refractivity contribution in [2.45, 2.75) is 71.3 Å². The maximum Gasteiger partial charge on any atom is 0.273 e. The first-order valence-electron chi connectivity index (χ1n) is 19.2. The Hall–Kier alpha value is -5.76. The molecule has 3 saturated heterocycles. The lowest BCUT2D eigenvalue weighted by Gasteiger charge is -2.65. The molecule has 4 fully saturated rings. The first-order chi connectivity index (χ1) is 27.1. The highest BCUT2D eigenvalue weighted by Gasteiger charge is 2.67. The average molecular weight is 786 g/mol. The third kappa shape index (κ3) is 5.86. The Balaban J connectivity index is 0.783. The van der Waals surface area contributed by atoms with E-state index in [9.17, 15) is 29.2 Å². The quantitative estimate of drug-likeness (QED) is 0.286. The number of halogens is 1. The van der Waals surface area contributed by atoms with E-state index >= 15 is 0 Å². The van der Waals surface area contributed by atoms with Crippen molar-refractivity contribution in [1.29, 1.82) is 5.26 Å². The first-order valence-corrected chi connectivity index (χ1v) is 19.6. The molecule has 1 saturated carbocycles. The molecule has 57 heavy (non-hydrogen) atoms. The van der Waals surface area contributed by atoms with E-state index in [4.69, 9.17) is 16.3 Å². The number of benzene rings is 2. The van der Waals surface area contributed by atoms with Gasteiger partial charge >= 0.3 is 0 Å². The highest BCUT2D eigenvalue weighted by molar-refractivity contribution is 6.31. The summed E-state index contributed by atoms with van der Waals surface area (Å²) in [5.74, 6) is 5.38. The number of likely N-dealkylation sites (tertiary alicyclic amines) is 1. The summed E-state index contributed by atoms with van der Waals surface area (Å²) < 4.78 is 6.45. The molecule has 5 aliphatic heterocycles. The van der Waals surface area contributed by atoms with Gasteiger partial charge in [-0.2, -0.15) is 5.26 Å². The van der Waals surface area contributed by atoms with Gasteiger partial charge in [0.2, 0.25) is 11.8 Å². The van der Waals surface area contributed by atoms with Crippen LogP contribution in [0.15, 0.2) is 48.7 Å². The minimum absolute atomic E-state index is 0.0800. The number of carbonyl (C=O) groups is 5. The fourth-order valence-electron chi connectivity index (χ4n) is 10.1. The Bertz CT molecular complexity index is 2400. The Morgan fingerprint density at radius 3 is 2.35 bits per heavy atom. The zero-order valence-corrected chi connectivity index (χ0v) is 32.7. The molecule has 1 N–H and O–H groups in total. The van der Waals surface area contributed by atoms with E-state index < -0.39 is 29.7 Å². The molecule has 9 rings (SSSR count). The van der Waals surface area contributed by atoms with E-state index in [0.29, 0.717) is 34.6 Å². The summed E-state index contributed by atoms with van der Waals surface area (Å²) in [5, 5.41) is 11.8. The van der Waals surface area contributed by atoms with Crippen LogP contribution < -0.4 is 15.0 Å². The number of nitrogens with one attached hydrogen (secondary N) is 1. The molecule has 6 heterocycles. The molecular formula is C43H40ClN7O6. The third-order valence-corrected chi connectivity index (χ3v) is 13.0. The molecule has 1 atom stereocenters. The zero-order chi connectivity index (χ0) is 40.1. The molecule has 0 bridgehead atoms. The van der Waals surface area contributed by atoms with E-state index in [1.807, 2.05) is 17.0 Å². The van der Waals surface area contributed by atoms with Crippen molar-refractivity contribution < 1.29 is 28.7 Å². The number of piperidine rings is 1. The van der Waals surface area contributed by atoms with Gasteiger partial charge in [-0.1, -0.05) is 51.1 Å². The van der Waals surface area contributed by atoms with Crippen molar-refractivity contribution >= 4 is 46.8 Å². The smallest absolute Gasteiger partial charge is 0.273 e. The van der Waals surface area contributed by atoms with Gasteiger partial charge in [-0.05, 0) is 42.8 Å². The molecule has 1 aromatic heterocycles. The molecule has 3 aromatic rings. The van der Waals surface area contributed by atoms with Gasteiger partial charge in [0.05, 0.1) is 21.7 Å². The van der Waals surface area contributed by atoms with Crippen LogP contribution in [0.2, 0.25) is 5.02 Å². The number of nitrogens with zero attached hydrogens (tertiary/aromatic N) is 6. The fourth-order valence-corrected chi connectivity index (χ4v) is 10.4. The molecular weight excluding hydrogens is 746 g/mol. The van der Waals surface area contributed by atoms with Gasteiger partial charge in [0.15, 0.2) is 0 Å². The highest BCUT2D eigenvalue weighted by Crippen LogP contribution is 2.59. The van der Waals surface area contributed by atoms with Crippen LogP contribution >= 0.6 is 11.6 Å². The van der Waals surface area contributed by atoms with Crippen LogP contribution in [0.25, 0.3) is 0 Å². The second kappa shape index (κ2) is 13.2. The largest absolute Gasteiger partial charge is 0.489 e. The van der Waals surface area contributed by atoms with Crippen molar-refractivity contribution in [3.05, 3.63) is 87.2 Å². The van der Waals surface area contributed by atoms with Crippen LogP contribution in [0.4, 0.5) is 5.69 Å². The lowest BCUT2D eigenvalue weighted by atomic mass is 9.49. The van der Waals surface area contributed by atoms with Crippen LogP contribution in [-0.4, -0.2) is 99.6 Å². The fraction of sp³-hybridized carbons (Fsp3) is 0.419. The molecule has 14 heteroatoms. The SMILES string of the molecule is CC1(C)C(Oc2ccc(C#N)c(Cl)c2)C(C)(C)C1N1Cc2cc(C#CC3CN(C4CN(c5ccc6c(c5)C(=O)N(C5CCC(=O)NC5=O)C6=O)C4)C3)cnc2C1=O. The van der Waals surface area contributed by atoms with Crippen LogP contribution in [0.1, 0.15) is 88.4 Å². The number of amides is 5. The maximum atomic E-state index is 13.7. The van der Waals surface area contributed by atoms with Gasteiger partial charge in [-0.15, -0.1) is 0 Å². The summed E-state index contributed by atoms with van der Waals surface area (Å²) in [6, 6.07) is 13.6. The maximum absolute atomic E-state index is 13.7. The number of hydrogen-bond donors (Lipinski definition) is 1. The second-order valence-corrected chi connectivity index (χ2v) is 17.5. The van der Waals surface area contributed by atoms with E-state index in [2.05, 4.69) is 65.7 Å². The van der Waals surface area contributed by atoms with Crippen LogP contribution in [0.5, 0.6) is 5.75 Å². The second-order valence-electron chi connectivity index (χ2n) is 17.1. The number of imide groups is 2. The molecule has 2 aromatic carbocycles. The Labute approximate surface area is 334 Å². The number of pyridine rings is 1. The monoisotopic (exact) mass is 785 g/mol. The summed E-state index contributed by atoms with van der Waals surface area (Å²) in [5.41, 5.74) is 3.16. The van der Waals surface area contributed by atoms with Crippen molar-refractivity contribution in [1.82, 2.24) is 25.0 Å². The summed E-state index contributed by atoms with van der Waals surface area (Å²) in [6.07, 6.45) is 1.69. The van der Waals surface area contributed by atoms with Crippen LogP contribution in [0.3, 0.4) is 0 Å². The number of rotatable bonds is 6. The topological polar surface area (TPSA) is 156 Å². The minimum atomic E-state index is -0.987. The molecule has 1 unspecified atom stereocenters. The number of nitriles is 1. The number of carbonyl (C=O) groups excluding carboxylic acids is 5. The molecule has 0 spiro atoms. The van der Waals surface area contributed by atoms with Gasteiger partial charge in [-0.3, -0.25) is 39.1 Å². The molecule has 6 aliphatic rings. The van der Waals surface area contributed by atoms with Crippen LogP contribution in [0, 0.1) is 39.9 Å². The number of fused-ring (bicyclic) bond motifs is 2. The van der Waals surface area contributed by atoms with Gasteiger partial charge in [0, 0.05) is 97.1 Å².